The molecule has 1 N–H and O–H groups in total. The summed E-state index contributed by atoms with van der Waals surface area (Å²) in [6.07, 6.45) is 7.14. The fraction of sp³-hybridized carbons (Fsp3) is 0.591. The summed E-state index contributed by atoms with van der Waals surface area (Å²) >= 11 is 0. The molecule has 0 spiro atoms. The SMILES string of the molecule is CCN(CCn1cccn1)Cc1ccccc1OC[C@H](O)CN1CCCCC1. The molecule has 0 aliphatic carbocycles. The summed E-state index contributed by atoms with van der Waals surface area (Å²) in [7, 11) is 0. The molecule has 6 heteroatoms. The summed E-state index contributed by atoms with van der Waals surface area (Å²) in [5.41, 5.74) is 1.16. The third kappa shape index (κ3) is 6.62. The number of likely N-dealkylation sites (tertiary alicyclic amines) is 1. The number of benzene rings is 1. The third-order valence-corrected chi connectivity index (χ3v) is 5.37. The molecule has 0 radical (unpaired) electrons. The second-order valence-electron chi connectivity index (χ2n) is 7.57. The quantitative estimate of drug-likeness (QED) is 0.643. The van der Waals surface area contributed by atoms with Crippen molar-refractivity contribution < 1.29 is 9.84 Å². The lowest BCUT2D eigenvalue weighted by Crippen LogP contribution is -2.38. The Labute approximate surface area is 168 Å². The monoisotopic (exact) mass is 386 g/mol. The van der Waals surface area contributed by atoms with Crippen molar-refractivity contribution in [3.63, 3.8) is 0 Å². The van der Waals surface area contributed by atoms with Crippen molar-refractivity contribution in [2.75, 3.05) is 39.3 Å². The third-order valence-electron chi connectivity index (χ3n) is 5.37. The number of hydrogen-bond donors (Lipinski definition) is 1. The van der Waals surface area contributed by atoms with Gasteiger partial charge in [0, 0.05) is 37.6 Å². The van der Waals surface area contributed by atoms with Crippen LogP contribution in [0.2, 0.25) is 0 Å². The number of β-amino-alcohol motifs (C(OH)–C–C–N with tert-alkyl or cyclic N) is 1. The van der Waals surface area contributed by atoms with E-state index in [9.17, 15) is 5.11 Å². The molecule has 0 saturated carbocycles. The van der Waals surface area contributed by atoms with E-state index in [-0.39, 0.29) is 0 Å². The van der Waals surface area contributed by atoms with E-state index in [1.807, 2.05) is 41.3 Å². The highest BCUT2D eigenvalue weighted by Gasteiger charge is 2.16. The first-order chi connectivity index (χ1) is 13.7. The Kier molecular flexibility index (Phi) is 8.33. The van der Waals surface area contributed by atoms with Gasteiger partial charge in [-0.05, 0) is 44.6 Å². The molecule has 0 amide bonds. The Hall–Kier alpha value is -1.89. The lowest BCUT2D eigenvalue weighted by atomic mass is 10.1. The highest BCUT2D eigenvalue weighted by molar-refractivity contribution is 5.33. The standard InChI is InChI=1S/C22H34N4O2/c1-2-24(15-16-26-14-8-11-23-26)17-20-9-4-5-10-22(20)28-19-21(27)18-25-12-6-3-7-13-25/h4-5,8-11,14,21,27H,2-3,6-7,12-13,15-19H2,1H3/t21-/m1/s1. The Bertz CT molecular complexity index is 671. The molecule has 1 aliphatic heterocycles. The molecule has 28 heavy (non-hydrogen) atoms. The van der Waals surface area contributed by atoms with Gasteiger partial charge < -0.3 is 14.7 Å². The highest BCUT2D eigenvalue weighted by atomic mass is 16.5. The summed E-state index contributed by atoms with van der Waals surface area (Å²) in [6, 6.07) is 10.1. The molecule has 1 aromatic carbocycles. The van der Waals surface area contributed by atoms with Crippen LogP contribution in [0.15, 0.2) is 42.7 Å². The summed E-state index contributed by atoms with van der Waals surface area (Å²) in [5.74, 6) is 0.873. The van der Waals surface area contributed by atoms with Crippen LogP contribution >= 0.6 is 0 Å². The molecule has 3 rings (SSSR count). The van der Waals surface area contributed by atoms with Gasteiger partial charge in [-0.3, -0.25) is 9.58 Å². The van der Waals surface area contributed by atoms with Gasteiger partial charge in [0.15, 0.2) is 0 Å². The van der Waals surface area contributed by atoms with Crippen LogP contribution < -0.4 is 4.74 Å². The topological polar surface area (TPSA) is 53.8 Å². The molecule has 1 fully saturated rings. The zero-order valence-electron chi connectivity index (χ0n) is 17.0. The van der Waals surface area contributed by atoms with Crippen LogP contribution in [0.25, 0.3) is 0 Å². The highest BCUT2D eigenvalue weighted by Crippen LogP contribution is 2.20. The van der Waals surface area contributed by atoms with E-state index in [1.54, 1.807) is 0 Å². The van der Waals surface area contributed by atoms with Gasteiger partial charge in [0.1, 0.15) is 18.5 Å². The molecule has 2 aromatic rings. The maximum absolute atomic E-state index is 10.4. The lowest BCUT2D eigenvalue weighted by Gasteiger charge is -2.28. The fourth-order valence-electron chi connectivity index (χ4n) is 3.72. The zero-order chi connectivity index (χ0) is 19.6. The Morgan fingerprint density at radius 1 is 1.18 bits per heavy atom. The van der Waals surface area contributed by atoms with Crippen LogP contribution in [-0.2, 0) is 13.1 Å². The minimum Gasteiger partial charge on any atom is -0.491 e. The summed E-state index contributed by atoms with van der Waals surface area (Å²) in [6.45, 7) is 9.01. The number of aromatic nitrogens is 2. The van der Waals surface area contributed by atoms with Gasteiger partial charge in [-0.2, -0.15) is 5.10 Å². The molecule has 154 valence electrons. The molecule has 1 aliphatic rings. The van der Waals surface area contributed by atoms with Crippen LogP contribution in [0.1, 0.15) is 31.7 Å². The number of piperidine rings is 1. The van der Waals surface area contributed by atoms with Gasteiger partial charge in [-0.25, -0.2) is 0 Å². The van der Waals surface area contributed by atoms with Crippen molar-refractivity contribution in [1.82, 2.24) is 19.6 Å². The van der Waals surface area contributed by atoms with E-state index >= 15 is 0 Å². The predicted molar refractivity (Wildman–Crippen MR) is 111 cm³/mol. The predicted octanol–water partition coefficient (Wildman–Crippen LogP) is 2.63. The Morgan fingerprint density at radius 3 is 2.75 bits per heavy atom. The van der Waals surface area contributed by atoms with Gasteiger partial charge in [0.2, 0.25) is 0 Å². The van der Waals surface area contributed by atoms with Gasteiger partial charge in [0.05, 0.1) is 6.54 Å². The largest absolute Gasteiger partial charge is 0.491 e. The summed E-state index contributed by atoms with van der Waals surface area (Å²) < 4.78 is 7.98. The number of likely N-dealkylation sites (N-methyl/N-ethyl adjacent to an activating group) is 1. The number of para-hydroxylation sites is 1. The first kappa shape index (κ1) is 20.8. The first-order valence-electron chi connectivity index (χ1n) is 10.6. The number of aliphatic hydroxyl groups excluding tert-OH is 1. The van der Waals surface area contributed by atoms with Crippen molar-refractivity contribution in [1.29, 1.82) is 0 Å². The average molecular weight is 387 g/mol. The second-order valence-corrected chi connectivity index (χ2v) is 7.57. The molecule has 6 nitrogen and oxygen atoms in total. The number of ether oxygens (including phenoxy) is 1. The molecular formula is C22H34N4O2. The first-order valence-corrected chi connectivity index (χ1v) is 10.6. The smallest absolute Gasteiger partial charge is 0.123 e. The van der Waals surface area contributed by atoms with E-state index in [1.165, 1.54) is 19.3 Å². The van der Waals surface area contributed by atoms with Gasteiger partial charge >= 0.3 is 0 Å². The maximum Gasteiger partial charge on any atom is 0.123 e. The number of rotatable bonds is 11. The van der Waals surface area contributed by atoms with E-state index in [0.29, 0.717) is 13.2 Å². The number of hydrogen-bond acceptors (Lipinski definition) is 5. The second kappa shape index (κ2) is 11.2. The van der Waals surface area contributed by atoms with Gasteiger partial charge in [-0.15, -0.1) is 0 Å². The minimum absolute atomic E-state index is 0.340. The van der Waals surface area contributed by atoms with E-state index < -0.39 is 6.10 Å². The molecule has 2 heterocycles. The van der Waals surface area contributed by atoms with Crippen LogP contribution in [0.5, 0.6) is 5.75 Å². The van der Waals surface area contributed by atoms with Crippen LogP contribution in [0.4, 0.5) is 0 Å². The van der Waals surface area contributed by atoms with E-state index in [4.69, 9.17) is 4.74 Å². The Balaban J connectivity index is 1.49. The molecule has 1 saturated heterocycles. The molecule has 1 atom stereocenters. The number of aliphatic hydroxyl groups is 1. The van der Waals surface area contributed by atoms with Crippen molar-refractivity contribution in [2.45, 2.75) is 45.4 Å². The van der Waals surface area contributed by atoms with E-state index in [2.05, 4.69) is 27.9 Å². The minimum atomic E-state index is -0.451. The van der Waals surface area contributed by atoms with Crippen LogP contribution in [0, 0.1) is 0 Å². The van der Waals surface area contributed by atoms with Crippen molar-refractivity contribution in [3.8, 4) is 5.75 Å². The summed E-state index contributed by atoms with van der Waals surface area (Å²) in [5, 5.41) is 14.7. The fourth-order valence-corrected chi connectivity index (χ4v) is 3.72. The van der Waals surface area contributed by atoms with Crippen LogP contribution in [-0.4, -0.2) is 70.1 Å². The average Bonchev–Trinajstić information content (AvgIpc) is 3.24. The van der Waals surface area contributed by atoms with Crippen molar-refractivity contribution in [3.05, 3.63) is 48.3 Å². The van der Waals surface area contributed by atoms with Crippen molar-refractivity contribution >= 4 is 0 Å². The summed E-state index contributed by atoms with van der Waals surface area (Å²) in [4.78, 5) is 4.73. The number of nitrogens with zero attached hydrogens (tertiary/aromatic N) is 4. The maximum atomic E-state index is 10.4. The Morgan fingerprint density at radius 2 is 2.00 bits per heavy atom. The van der Waals surface area contributed by atoms with Crippen molar-refractivity contribution in [2.24, 2.45) is 0 Å². The van der Waals surface area contributed by atoms with Crippen LogP contribution in [0.3, 0.4) is 0 Å². The molecular weight excluding hydrogens is 352 g/mol. The molecule has 1 aromatic heterocycles. The molecule has 0 bridgehead atoms. The molecule has 0 unspecified atom stereocenters. The zero-order valence-corrected chi connectivity index (χ0v) is 17.0. The lowest BCUT2D eigenvalue weighted by molar-refractivity contribution is 0.0611. The normalized spacial score (nSPS) is 16.4. The van der Waals surface area contributed by atoms with E-state index in [0.717, 1.165) is 50.6 Å². The van der Waals surface area contributed by atoms with Gasteiger partial charge in [-0.1, -0.05) is 31.5 Å². The van der Waals surface area contributed by atoms with Gasteiger partial charge in [0.25, 0.3) is 0 Å².